The largest absolute Gasteiger partial charge is 0.463 e. The molecule has 9 heteroatoms. The second-order valence-electron chi connectivity index (χ2n) is 7.76. The maximum Gasteiger partial charge on any atom is 0.302 e. The van der Waals surface area contributed by atoms with Gasteiger partial charge in [0, 0.05) is 32.3 Å². The van der Waals surface area contributed by atoms with E-state index in [1.54, 1.807) is 15.9 Å². The van der Waals surface area contributed by atoms with Crippen LogP contribution in [0.2, 0.25) is 0 Å². The molecule has 2 saturated heterocycles. The van der Waals surface area contributed by atoms with Crippen molar-refractivity contribution in [1.82, 2.24) is 20.0 Å². The van der Waals surface area contributed by atoms with Crippen LogP contribution in [0.3, 0.4) is 0 Å². The third kappa shape index (κ3) is 4.95. The highest BCUT2D eigenvalue weighted by Gasteiger charge is 2.47. The number of morpholine rings is 1. The van der Waals surface area contributed by atoms with Crippen LogP contribution >= 0.6 is 0 Å². The highest BCUT2D eigenvalue weighted by Crippen LogP contribution is 2.35. The van der Waals surface area contributed by atoms with Crippen molar-refractivity contribution in [2.75, 3.05) is 39.5 Å². The third-order valence-corrected chi connectivity index (χ3v) is 5.60. The molecule has 0 aliphatic carbocycles. The lowest BCUT2D eigenvalue weighted by Crippen LogP contribution is -2.54. The minimum atomic E-state index is -0.845. The smallest absolute Gasteiger partial charge is 0.302 e. The molecule has 160 valence electrons. The summed E-state index contributed by atoms with van der Waals surface area (Å²) < 4.78 is 10.6. The SMILES string of the molecule is CCCc1cc(C(=O)N2CCCC2(COC(C)=O)CC(=O)N2CCOCC2)n[nH]1. The highest BCUT2D eigenvalue weighted by atomic mass is 16.5. The molecule has 1 unspecified atom stereocenters. The van der Waals surface area contributed by atoms with Crippen LogP contribution in [0.4, 0.5) is 0 Å². The van der Waals surface area contributed by atoms with E-state index in [1.807, 2.05) is 0 Å². The van der Waals surface area contributed by atoms with Crippen LogP contribution in [0.5, 0.6) is 0 Å². The molecule has 1 N–H and O–H groups in total. The number of ether oxygens (including phenoxy) is 2. The first-order valence-electron chi connectivity index (χ1n) is 10.3. The topological polar surface area (TPSA) is 105 Å². The van der Waals surface area contributed by atoms with E-state index in [4.69, 9.17) is 9.47 Å². The van der Waals surface area contributed by atoms with Gasteiger partial charge in [0.1, 0.15) is 12.3 Å². The van der Waals surface area contributed by atoms with E-state index in [1.165, 1.54) is 6.92 Å². The molecule has 2 aliphatic heterocycles. The van der Waals surface area contributed by atoms with Gasteiger partial charge in [-0.2, -0.15) is 5.10 Å². The summed E-state index contributed by atoms with van der Waals surface area (Å²) in [6.45, 7) is 6.01. The van der Waals surface area contributed by atoms with Crippen molar-refractivity contribution >= 4 is 17.8 Å². The molecule has 2 aliphatic rings. The zero-order valence-corrected chi connectivity index (χ0v) is 17.2. The fraction of sp³-hybridized carbons (Fsp3) is 0.700. The Morgan fingerprint density at radius 2 is 2.03 bits per heavy atom. The van der Waals surface area contributed by atoms with Gasteiger partial charge < -0.3 is 19.3 Å². The van der Waals surface area contributed by atoms with Crippen molar-refractivity contribution in [3.8, 4) is 0 Å². The summed E-state index contributed by atoms with van der Waals surface area (Å²) in [7, 11) is 0. The van der Waals surface area contributed by atoms with Gasteiger partial charge in [0.25, 0.3) is 5.91 Å². The van der Waals surface area contributed by atoms with Crippen LogP contribution in [0.1, 0.15) is 55.7 Å². The van der Waals surface area contributed by atoms with E-state index in [0.717, 1.165) is 25.0 Å². The van der Waals surface area contributed by atoms with Crippen molar-refractivity contribution in [1.29, 1.82) is 0 Å². The van der Waals surface area contributed by atoms with E-state index in [0.29, 0.717) is 45.0 Å². The second kappa shape index (κ2) is 9.39. The Kier molecular flexibility index (Phi) is 6.89. The van der Waals surface area contributed by atoms with Gasteiger partial charge in [-0.15, -0.1) is 0 Å². The number of aromatic amines is 1. The third-order valence-electron chi connectivity index (χ3n) is 5.60. The van der Waals surface area contributed by atoms with Crippen LogP contribution in [0.25, 0.3) is 0 Å². The maximum absolute atomic E-state index is 13.2. The Morgan fingerprint density at radius 3 is 2.72 bits per heavy atom. The Morgan fingerprint density at radius 1 is 1.28 bits per heavy atom. The molecule has 9 nitrogen and oxygen atoms in total. The van der Waals surface area contributed by atoms with Gasteiger partial charge in [0.05, 0.1) is 25.2 Å². The maximum atomic E-state index is 13.2. The minimum Gasteiger partial charge on any atom is -0.463 e. The van der Waals surface area contributed by atoms with Gasteiger partial charge in [0.2, 0.25) is 5.91 Å². The molecule has 1 aromatic rings. The molecular weight excluding hydrogens is 376 g/mol. The monoisotopic (exact) mass is 406 g/mol. The van der Waals surface area contributed by atoms with E-state index in [-0.39, 0.29) is 24.8 Å². The lowest BCUT2D eigenvalue weighted by Gasteiger charge is -2.39. The number of H-pyrrole nitrogens is 1. The van der Waals surface area contributed by atoms with Crippen LogP contribution in [-0.2, 0) is 25.5 Å². The first kappa shape index (κ1) is 21.3. The van der Waals surface area contributed by atoms with Gasteiger partial charge in [-0.3, -0.25) is 19.5 Å². The summed E-state index contributed by atoms with van der Waals surface area (Å²) >= 11 is 0. The van der Waals surface area contributed by atoms with Crippen molar-refractivity contribution in [2.24, 2.45) is 0 Å². The Bertz CT molecular complexity index is 743. The van der Waals surface area contributed by atoms with Gasteiger partial charge in [0.15, 0.2) is 0 Å². The molecule has 2 amide bonds. The zero-order valence-electron chi connectivity index (χ0n) is 17.2. The lowest BCUT2D eigenvalue weighted by molar-refractivity contribution is -0.148. The van der Waals surface area contributed by atoms with E-state index >= 15 is 0 Å². The van der Waals surface area contributed by atoms with Crippen LogP contribution in [0, 0.1) is 0 Å². The normalized spacial score (nSPS) is 22.0. The van der Waals surface area contributed by atoms with E-state index in [9.17, 15) is 14.4 Å². The summed E-state index contributed by atoms with van der Waals surface area (Å²) in [5.74, 6) is -0.704. The number of aromatic nitrogens is 2. The van der Waals surface area contributed by atoms with Gasteiger partial charge in [-0.1, -0.05) is 13.3 Å². The minimum absolute atomic E-state index is 0.0103. The molecule has 0 radical (unpaired) electrons. The number of likely N-dealkylation sites (tertiary alicyclic amines) is 1. The molecule has 0 saturated carbocycles. The zero-order chi connectivity index (χ0) is 20.9. The Labute approximate surface area is 170 Å². The van der Waals surface area contributed by atoms with Crippen molar-refractivity contribution in [3.05, 3.63) is 17.5 Å². The summed E-state index contributed by atoms with van der Waals surface area (Å²) in [5, 5.41) is 7.08. The average molecular weight is 406 g/mol. The van der Waals surface area contributed by atoms with Crippen LogP contribution < -0.4 is 0 Å². The highest BCUT2D eigenvalue weighted by molar-refractivity contribution is 5.94. The summed E-state index contributed by atoms with van der Waals surface area (Å²) in [4.78, 5) is 41.1. The van der Waals surface area contributed by atoms with E-state index in [2.05, 4.69) is 17.1 Å². The lowest BCUT2D eigenvalue weighted by atomic mass is 9.91. The second-order valence-corrected chi connectivity index (χ2v) is 7.76. The summed E-state index contributed by atoms with van der Waals surface area (Å²) in [6, 6.07) is 1.77. The Hall–Kier alpha value is -2.42. The number of hydrogen-bond acceptors (Lipinski definition) is 6. The number of rotatable bonds is 7. The molecule has 0 aromatic carbocycles. The van der Waals surface area contributed by atoms with Crippen molar-refractivity contribution in [2.45, 2.75) is 51.5 Å². The predicted molar refractivity (Wildman–Crippen MR) is 104 cm³/mol. The van der Waals surface area contributed by atoms with Gasteiger partial charge >= 0.3 is 5.97 Å². The number of esters is 1. The van der Waals surface area contributed by atoms with Gasteiger partial charge in [-0.25, -0.2) is 0 Å². The molecule has 3 rings (SSSR count). The van der Waals surface area contributed by atoms with E-state index < -0.39 is 11.5 Å². The fourth-order valence-corrected chi connectivity index (χ4v) is 4.09. The Balaban J connectivity index is 1.81. The molecule has 0 spiro atoms. The van der Waals surface area contributed by atoms with Crippen molar-refractivity contribution in [3.63, 3.8) is 0 Å². The molecule has 1 aromatic heterocycles. The summed E-state index contributed by atoms with van der Waals surface area (Å²) in [5.41, 5.74) is 0.397. The first-order chi connectivity index (χ1) is 13.9. The molecule has 29 heavy (non-hydrogen) atoms. The van der Waals surface area contributed by atoms with Gasteiger partial charge in [-0.05, 0) is 25.3 Å². The molecule has 3 heterocycles. The molecule has 0 bridgehead atoms. The number of hydrogen-bond donors (Lipinski definition) is 1. The van der Waals surface area contributed by atoms with Crippen LogP contribution in [0.15, 0.2) is 6.07 Å². The van der Waals surface area contributed by atoms with Crippen LogP contribution in [-0.4, -0.2) is 82.8 Å². The number of carbonyl (C=O) groups is 3. The predicted octanol–water partition coefficient (Wildman–Crippen LogP) is 1.15. The molecule has 2 fully saturated rings. The first-order valence-corrected chi connectivity index (χ1v) is 10.3. The number of nitrogens with one attached hydrogen (secondary N) is 1. The molecule has 1 atom stereocenters. The average Bonchev–Trinajstić information content (AvgIpc) is 3.34. The fourth-order valence-electron chi connectivity index (χ4n) is 4.09. The number of aryl methyl sites for hydroxylation is 1. The molecular formula is C20H30N4O5. The number of carbonyl (C=O) groups excluding carboxylic acids is 3. The van der Waals surface area contributed by atoms with Crippen molar-refractivity contribution < 1.29 is 23.9 Å². The summed E-state index contributed by atoms with van der Waals surface area (Å²) in [6.07, 6.45) is 3.24. The number of amides is 2. The quantitative estimate of drug-likeness (QED) is 0.681. The standard InChI is InChI=1S/C20H30N4O5/c1-3-5-16-12-17(22-21-16)19(27)24-7-4-6-20(24,14-29-15(2)25)13-18(26)23-8-10-28-11-9-23/h12H,3-11,13-14H2,1-2H3,(H,21,22). The number of nitrogens with zero attached hydrogens (tertiary/aromatic N) is 3.